The summed E-state index contributed by atoms with van der Waals surface area (Å²) in [7, 11) is 0. The standard InChI is InChI=1S/C23H24F2N2O/c24-17-5-7-18(8-6-17)27-15-13-26(14-16-27)12-11-23(28)21-9-10-22(25)20-4-2-1-3-19(20)21/h1-10,23,28H,11-16H2. The van der Waals surface area contributed by atoms with Gasteiger partial charge >= 0.3 is 0 Å². The van der Waals surface area contributed by atoms with Crippen LogP contribution in [0.15, 0.2) is 60.7 Å². The van der Waals surface area contributed by atoms with E-state index in [4.69, 9.17) is 0 Å². The molecule has 1 saturated heterocycles. The van der Waals surface area contributed by atoms with Gasteiger partial charge in [-0.05, 0) is 47.7 Å². The van der Waals surface area contributed by atoms with Crippen LogP contribution in [0.1, 0.15) is 18.1 Å². The van der Waals surface area contributed by atoms with Gasteiger partial charge in [-0.3, -0.25) is 4.90 Å². The summed E-state index contributed by atoms with van der Waals surface area (Å²) in [6.07, 6.45) is -0.0211. The van der Waals surface area contributed by atoms with E-state index >= 15 is 0 Å². The first-order valence-electron chi connectivity index (χ1n) is 9.70. The van der Waals surface area contributed by atoms with Crippen molar-refractivity contribution in [1.29, 1.82) is 0 Å². The summed E-state index contributed by atoms with van der Waals surface area (Å²) in [6.45, 7) is 4.33. The van der Waals surface area contributed by atoms with Gasteiger partial charge in [0, 0.05) is 43.8 Å². The fraction of sp³-hybridized carbons (Fsp3) is 0.304. The first-order valence-corrected chi connectivity index (χ1v) is 9.70. The third-order valence-electron chi connectivity index (χ3n) is 5.55. The zero-order chi connectivity index (χ0) is 19.5. The largest absolute Gasteiger partial charge is 0.388 e. The summed E-state index contributed by atoms with van der Waals surface area (Å²) in [6, 6.07) is 17.0. The van der Waals surface area contributed by atoms with Crippen LogP contribution in [-0.4, -0.2) is 42.7 Å². The van der Waals surface area contributed by atoms with Crippen LogP contribution >= 0.6 is 0 Å². The predicted octanol–water partition coefficient (Wildman–Crippen LogP) is 4.36. The van der Waals surface area contributed by atoms with Gasteiger partial charge in [0.1, 0.15) is 11.6 Å². The maximum atomic E-state index is 14.0. The van der Waals surface area contributed by atoms with Crippen molar-refractivity contribution in [1.82, 2.24) is 4.90 Å². The summed E-state index contributed by atoms with van der Waals surface area (Å²) in [5.74, 6) is -0.479. The number of hydrogen-bond donors (Lipinski definition) is 1. The molecule has 0 amide bonds. The first-order chi connectivity index (χ1) is 13.6. The van der Waals surface area contributed by atoms with E-state index in [1.807, 2.05) is 30.3 Å². The van der Waals surface area contributed by atoms with Gasteiger partial charge in [0.2, 0.25) is 0 Å². The maximum Gasteiger partial charge on any atom is 0.131 e. The number of aliphatic hydroxyl groups excluding tert-OH is 1. The van der Waals surface area contributed by atoms with Crippen molar-refractivity contribution in [3.05, 3.63) is 77.9 Å². The lowest BCUT2D eigenvalue weighted by atomic mass is 9.98. The number of piperazine rings is 1. The van der Waals surface area contributed by atoms with Crippen LogP contribution in [0.3, 0.4) is 0 Å². The molecule has 28 heavy (non-hydrogen) atoms. The molecule has 1 unspecified atom stereocenters. The highest BCUT2D eigenvalue weighted by molar-refractivity contribution is 5.86. The molecule has 1 heterocycles. The van der Waals surface area contributed by atoms with Crippen LogP contribution < -0.4 is 4.90 Å². The van der Waals surface area contributed by atoms with E-state index in [1.165, 1.54) is 18.2 Å². The number of hydrogen-bond acceptors (Lipinski definition) is 3. The van der Waals surface area contributed by atoms with Gasteiger partial charge in [0.25, 0.3) is 0 Å². The molecule has 5 heteroatoms. The number of rotatable bonds is 5. The topological polar surface area (TPSA) is 26.7 Å². The van der Waals surface area contributed by atoms with Crippen LogP contribution in [0.2, 0.25) is 0 Å². The van der Waals surface area contributed by atoms with E-state index in [1.54, 1.807) is 12.1 Å². The van der Waals surface area contributed by atoms with E-state index < -0.39 is 6.10 Å². The predicted molar refractivity (Wildman–Crippen MR) is 109 cm³/mol. The molecule has 0 aliphatic carbocycles. The zero-order valence-corrected chi connectivity index (χ0v) is 15.7. The van der Waals surface area contributed by atoms with E-state index in [-0.39, 0.29) is 11.6 Å². The highest BCUT2D eigenvalue weighted by Crippen LogP contribution is 2.28. The Hall–Kier alpha value is -2.50. The Morgan fingerprint density at radius 2 is 1.50 bits per heavy atom. The van der Waals surface area contributed by atoms with Gasteiger partial charge in [0.05, 0.1) is 6.10 Å². The van der Waals surface area contributed by atoms with E-state index in [2.05, 4.69) is 9.80 Å². The van der Waals surface area contributed by atoms with Gasteiger partial charge in [-0.25, -0.2) is 8.78 Å². The SMILES string of the molecule is OC(CCN1CCN(c2ccc(F)cc2)CC1)c1ccc(F)c2ccccc12. The molecule has 1 aliphatic heterocycles. The van der Waals surface area contributed by atoms with Crippen molar-refractivity contribution >= 4 is 16.5 Å². The minimum Gasteiger partial charge on any atom is -0.388 e. The van der Waals surface area contributed by atoms with Crippen LogP contribution in [0.5, 0.6) is 0 Å². The maximum absolute atomic E-state index is 14.0. The van der Waals surface area contributed by atoms with Crippen LogP contribution in [0.4, 0.5) is 14.5 Å². The van der Waals surface area contributed by atoms with Gasteiger partial charge in [-0.15, -0.1) is 0 Å². The second kappa shape index (κ2) is 8.25. The molecular formula is C23H24F2N2O. The Labute approximate surface area is 163 Å². The Bertz CT molecular complexity index is 937. The lowest BCUT2D eigenvalue weighted by molar-refractivity contribution is 0.140. The van der Waals surface area contributed by atoms with Crippen LogP contribution in [0, 0.1) is 11.6 Å². The van der Waals surface area contributed by atoms with E-state index in [9.17, 15) is 13.9 Å². The molecule has 1 atom stereocenters. The van der Waals surface area contributed by atoms with Crippen molar-refractivity contribution in [3.8, 4) is 0 Å². The van der Waals surface area contributed by atoms with Crippen LogP contribution in [0.25, 0.3) is 10.8 Å². The Morgan fingerprint density at radius 1 is 0.821 bits per heavy atom. The molecule has 0 spiro atoms. The average Bonchev–Trinajstić information content (AvgIpc) is 2.73. The first kappa shape index (κ1) is 18.8. The van der Waals surface area contributed by atoms with Crippen molar-refractivity contribution in [2.75, 3.05) is 37.6 Å². The molecule has 1 aliphatic rings. The third-order valence-corrected chi connectivity index (χ3v) is 5.55. The van der Waals surface area contributed by atoms with E-state index in [0.29, 0.717) is 11.8 Å². The number of benzene rings is 3. The lowest BCUT2D eigenvalue weighted by Crippen LogP contribution is -2.46. The quantitative estimate of drug-likeness (QED) is 0.710. The molecule has 0 bridgehead atoms. The van der Waals surface area contributed by atoms with Crippen molar-refractivity contribution in [3.63, 3.8) is 0 Å². The molecule has 1 fully saturated rings. The van der Waals surface area contributed by atoms with Crippen molar-refractivity contribution < 1.29 is 13.9 Å². The molecule has 4 rings (SSSR count). The number of aliphatic hydroxyl groups is 1. The third kappa shape index (κ3) is 4.01. The summed E-state index contributed by atoms with van der Waals surface area (Å²) in [5.41, 5.74) is 1.82. The molecule has 3 nitrogen and oxygen atoms in total. The zero-order valence-electron chi connectivity index (χ0n) is 15.7. The Morgan fingerprint density at radius 3 is 2.21 bits per heavy atom. The minimum atomic E-state index is -0.624. The summed E-state index contributed by atoms with van der Waals surface area (Å²) < 4.78 is 27.1. The highest BCUT2D eigenvalue weighted by Gasteiger charge is 2.19. The summed E-state index contributed by atoms with van der Waals surface area (Å²) >= 11 is 0. The normalized spacial score (nSPS) is 16.5. The van der Waals surface area contributed by atoms with Crippen LogP contribution in [-0.2, 0) is 0 Å². The Kier molecular flexibility index (Phi) is 5.55. The fourth-order valence-electron chi connectivity index (χ4n) is 3.92. The second-order valence-corrected chi connectivity index (χ2v) is 7.29. The molecule has 1 N–H and O–H groups in total. The fourth-order valence-corrected chi connectivity index (χ4v) is 3.92. The average molecular weight is 382 g/mol. The summed E-state index contributed by atoms with van der Waals surface area (Å²) in [5, 5.41) is 12.0. The Balaban J connectivity index is 1.34. The second-order valence-electron chi connectivity index (χ2n) is 7.29. The number of fused-ring (bicyclic) bond motifs is 1. The smallest absolute Gasteiger partial charge is 0.131 e. The monoisotopic (exact) mass is 382 g/mol. The number of nitrogens with zero attached hydrogens (tertiary/aromatic N) is 2. The van der Waals surface area contributed by atoms with Crippen molar-refractivity contribution in [2.24, 2.45) is 0 Å². The molecule has 0 aromatic heterocycles. The molecule has 3 aromatic carbocycles. The number of halogens is 2. The van der Waals surface area contributed by atoms with Gasteiger partial charge < -0.3 is 10.0 Å². The number of anilines is 1. The highest BCUT2D eigenvalue weighted by atomic mass is 19.1. The summed E-state index contributed by atoms with van der Waals surface area (Å²) in [4.78, 5) is 4.58. The molecule has 0 radical (unpaired) electrons. The van der Waals surface area contributed by atoms with Gasteiger partial charge in [-0.1, -0.05) is 30.3 Å². The minimum absolute atomic E-state index is 0.218. The van der Waals surface area contributed by atoms with Gasteiger partial charge in [0.15, 0.2) is 0 Å². The lowest BCUT2D eigenvalue weighted by Gasteiger charge is -2.36. The molecule has 3 aromatic rings. The molecular weight excluding hydrogens is 358 g/mol. The van der Waals surface area contributed by atoms with Gasteiger partial charge in [-0.2, -0.15) is 0 Å². The molecule has 146 valence electrons. The molecule has 0 saturated carbocycles. The van der Waals surface area contributed by atoms with Crippen molar-refractivity contribution in [2.45, 2.75) is 12.5 Å². The van der Waals surface area contributed by atoms with E-state index in [0.717, 1.165) is 49.4 Å².